The van der Waals surface area contributed by atoms with Crippen LogP contribution in [0.25, 0.3) is 5.76 Å². The zero-order chi connectivity index (χ0) is 30.0. The zero-order valence-electron chi connectivity index (χ0n) is 22.2. The number of aliphatic hydroxyl groups is 4. The second kappa shape index (κ2) is 9.84. The Bertz CT molecular complexity index is 1560. The van der Waals surface area contributed by atoms with Crippen molar-refractivity contribution in [3.63, 3.8) is 0 Å². The largest absolute Gasteiger partial charge is 0.508 e. The Hall–Kier alpha value is -4.52. The molecule has 0 heterocycles. The standard InChI is InChI=1S/C29H29N3O9/c1-32(2)20-19-22(34)15-10-13-8-9-14(11-31-28(40)12-6-4-3-5-7-12)21(33)16(13)23(35)17(15)25(37)29(19,41)26(38)18(24(20)36)27(30)39/h3-9,15,19-20,22,33-35,38,41H,10-11H2,1-2H3,(H2,30,39)(H,31,40)/t15-,19-,20+,22+,29+/m1/s1. The number of fused-ring (bicyclic) bond motifs is 3. The molecular weight excluding hydrogens is 534 g/mol. The zero-order valence-corrected chi connectivity index (χ0v) is 22.2. The first-order valence-electron chi connectivity index (χ1n) is 12.8. The van der Waals surface area contributed by atoms with Crippen molar-refractivity contribution in [1.29, 1.82) is 0 Å². The predicted molar refractivity (Wildman–Crippen MR) is 143 cm³/mol. The van der Waals surface area contributed by atoms with Gasteiger partial charge in [-0.1, -0.05) is 30.3 Å². The van der Waals surface area contributed by atoms with E-state index in [9.17, 15) is 44.7 Å². The average Bonchev–Trinajstić information content (AvgIpc) is 2.92. The van der Waals surface area contributed by atoms with E-state index < -0.39 is 81.4 Å². The maximum Gasteiger partial charge on any atom is 0.255 e. The number of carbonyl (C=O) groups excluding carboxylic acids is 4. The van der Waals surface area contributed by atoms with Gasteiger partial charge in [-0.15, -0.1) is 0 Å². The van der Waals surface area contributed by atoms with Crippen molar-refractivity contribution in [1.82, 2.24) is 10.2 Å². The van der Waals surface area contributed by atoms with Gasteiger partial charge < -0.3 is 36.6 Å². The number of hydrogen-bond acceptors (Lipinski definition) is 10. The lowest BCUT2D eigenvalue weighted by Crippen LogP contribution is -2.70. The number of nitrogens with one attached hydrogen (secondary N) is 1. The summed E-state index contributed by atoms with van der Waals surface area (Å²) >= 11 is 0. The van der Waals surface area contributed by atoms with Crippen molar-refractivity contribution in [2.24, 2.45) is 17.6 Å². The van der Waals surface area contributed by atoms with Crippen molar-refractivity contribution < 1.29 is 44.7 Å². The molecule has 0 unspecified atom stereocenters. The molecule has 0 spiro atoms. The third kappa shape index (κ3) is 4.02. The van der Waals surface area contributed by atoms with Crippen molar-refractivity contribution in [2.45, 2.75) is 30.7 Å². The van der Waals surface area contributed by atoms with Gasteiger partial charge in [0.2, 0.25) is 5.78 Å². The van der Waals surface area contributed by atoms with Gasteiger partial charge in [-0.25, -0.2) is 0 Å². The van der Waals surface area contributed by atoms with Crippen molar-refractivity contribution in [3.05, 3.63) is 81.6 Å². The Labute approximate surface area is 234 Å². The third-order valence-electron chi connectivity index (χ3n) is 8.23. The number of aromatic hydroxyl groups is 1. The van der Waals surface area contributed by atoms with E-state index in [0.29, 0.717) is 11.1 Å². The van der Waals surface area contributed by atoms with E-state index in [1.165, 1.54) is 25.1 Å². The van der Waals surface area contributed by atoms with Gasteiger partial charge in [0.25, 0.3) is 11.8 Å². The fourth-order valence-electron chi connectivity index (χ4n) is 6.28. The molecule has 12 nitrogen and oxygen atoms in total. The highest BCUT2D eigenvalue weighted by Crippen LogP contribution is 2.52. The Morgan fingerprint density at radius 2 is 1.73 bits per heavy atom. The van der Waals surface area contributed by atoms with Crippen LogP contribution in [0.1, 0.15) is 27.0 Å². The van der Waals surface area contributed by atoms with Gasteiger partial charge >= 0.3 is 0 Å². The van der Waals surface area contributed by atoms with Crippen LogP contribution in [0.5, 0.6) is 5.75 Å². The highest BCUT2D eigenvalue weighted by molar-refractivity contribution is 6.24. The number of benzene rings is 2. The molecule has 1 fully saturated rings. The molecule has 214 valence electrons. The number of amides is 2. The van der Waals surface area contributed by atoms with Crippen LogP contribution in [0.2, 0.25) is 0 Å². The van der Waals surface area contributed by atoms with Crippen molar-refractivity contribution in [2.75, 3.05) is 14.1 Å². The number of rotatable bonds is 5. The van der Waals surface area contributed by atoms with Gasteiger partial charge in [-0.2, -0.15) is 0 Å². The maximum absolute atomic E-state index is 13.9. The normalized spacial score (nSPS) is 27.3. The first-order chi connectivity index (χ1) is 19.3. The monoisotopic (exact) mass is 563 g/mol. The fourth-order valence-corrected chi connectivity index (χ4v) is 6.28. The first kappa shape index (κ1) is 28.0. The van der Waals surface area contributed by atoms with E-state index in [1.54, 1.807) is 36.4 Å². The minimum Gasteiger partial charge on any atom is -0.508 e. The van der Waals surface area contributed by atoms with Crippen LogP contribution in [-0.2, 0) is 27.3 Å². The number of nitrogens with two attached hydrogens (primary N) is 1. The lowest BCUT2D eigenvalue weighted by Gasteiger charge is -2.52. The number of Topliss-reactive ketones (excluding diaryl/α,β-unsaturated/α-hetero) is 2. The first-order valence-corrected chi connectivity index (χ1v) is 12.8. The highest BCUT2D eigenvalue weighted by atomic mass is 16.4. The van der Waals surface area contributed by atoms with Crippen LogP contribution in [0.3, 0.4) is 0 Å². The number of primary amides is 1. The summed E-state index contributed by atoms with van der Waals surface area (Å²) < 4.78 is 0. The van der Waals surface area contributed by atoms with Crippen LogP contribution in [0.15, 0.2) is 59.4 Å². The molecule has 12 heteroatoms. The molecule has 2 aromatic carbocycles. The minimum atomic E-state index is -2.97. The minimum absolute atomic E-state index is 0.0695. The number of aliphatic hydroxyl groups excluding tert-OH is 3. The molecule has 8 N–H and O–H groups in total. The summed E-state index contributed by atoms with van der Waals surface area (Å²) in [6.45, 7) is -0.125. The summed E-state index contributed by atoms with van der Waals surface area (Å²) in [6, 6.07) is 10.1. The van der Waals surface area contributed by atoms with Crippen molar-refractivity contribution >= 4 is 29.1 Å². The molecule has 2 amide bonds. The number of carbonyl (C=O) groups is 4. The van der Waals surface area contributed by atoms with E-state index in [1.807, 2.05) is 0 Å². The van der Waals surface area contributed by atoms with Gasteiger partial charge in [0.15, 0.2) is 11.4 Å². The smallest absolute Gasteiger partial charge is 0.255 e. The summed E-state index contributed by atoms with van der Waals surface area (Å²) in [5.74, 6) is -9.18. The number of hydrogen-bond donors (Lipinski definition) is 7. The number of phenolic OH excluding ortho intramolecular Hbond substituents is 1. The molecule has 3 aliphatic rings. The van der Waals surface area contributed by atoms with Crippen LogP contribution in [0, 0.1) is 11.8 Å². The molecule has 3 aliphatic carbocycles. The SMILES string of the molecule is CN(C)[C@@H]1C(=O)C(C(N)=O)=C(O)[C@@]2(O)C(=O)C3=C(O)c4c(ccc(CNC(=O)c5ccccc5)c4O)C[C@H]3[C@H](O)[C@@H]12. The molecular formula is C29H29N3O9. The van der Waals surface area contributed by atoms with Gasteiger partial charge in [-0.05, 0) is 38.2 Å². The van der Waals surface area contributed by atoms with E-state index in [0.717, 1.165) is 0 Å². The number of ketones is 2. The molecule has 0 bridgehead atoms. The molecule has 2 aromatic rings. The van der Waals surface area contributed by atoms with Crippen molar-refractivity contribution in [3.8, 4) is 5.75 Å². The van der Waals surface area contributed by atoms with E-state index >= 15 is 0 Å². The lowest BCUT2D eigenvalue weighted by atomic mass is 9.56. The molecule has 5 rings (SSSR count). The lowest BCUT2D eigenvalue weighted by molar-refractivity contribution is -0.168. The summed E-state index contributed by atoms with van der Waals surface area (Å²) in [6.07, 6.45) is -1.72. The highest BCUT2D eigenvalue weighted by Gasteiger charge is 2.67. The molecule has 1 saturated carbocycles. The van der Waals surface area contributed by atoms with Gasteiger partial charge in [0, 0.05) is 29.2 Å². The van der Waals surface area contributed by atoms with Gasteiger partial charge in [-0.3, -0.25) is 24.1 Å². The topological polar surface area (TPSA) is 211 Å². The molecule has 41 heavy (non-hydrogen) atoms. The number of likely N-dealkylation sites (N-methyl/N-ethyl adjacent to an activating group) is 1. The van der Waals surface area contributed by atoms with E-state index in [2.05, 4.69) is 5.32 Å². The summed E-state index contributed by atoms with van der Waals surface area (Å²) in [5, 5.41) is 59.1. The van der Waals surface area contributed by atoms with Crippen LogP contribution >= 0.6 is 0 Å². The Balaban J connectivity index is 1.59. The van der Waals surface area contributed by atoms with Crippen LogP contribution in [0.4, 0.5) is 0 Å². The van der Waals surface area contributed by atoms with Gasteiger partial charge in [0.05, 0.1) is 23.6 Å². The molecule has 5 atom stereocenters. The molecule has 0 aromatic heterocycles. The second-order valence-electron chi connectivity index (χ2n) is 10.7. The summed E-state index contributed by atoms with van der Waals surface area (Å²) in [4.78, 5) is 52.9. The fraction of sp³-hybridized carbons (Fsp3) is 0.310. The van der Waals surface area contributed by atoms with Crippen LogP contribution in [-0.4, -0.2) is 85.7 Å². The van der Waals surface area contributed by atoms with Gasteiger partial charge in [0.1, 0.15) is 22.8 Å². The second-order valence-corrected chi connectivity index (χ2v) is 10.7. The quantitative estimate of drug-likeness (QED) is 0.239. The average molecular weight is 564 g/mol. The number of nitrogens with zero attached hydrogens (tertiary/aromatic N) is 1. The summed E-state index contributed by atoms with van der Waals surface area (Å²) in [5.41, 5.74) is 1.72. The predicted octanol–water partition coefficient (Wildman–Crippen LogP) is -0.135. The molecule has 0 aliphatic heterocycles. The Morgan fingerprint density at radius 1 is 1.07 bits per heavy atom. The van der Waals surface area contributed by atoms with Crippen LogP contribution < -0.4 is 11.1 Å². The molecule has 0 radical (unpaired) electrons. The molecule has 0 saturated heterocycles. The van der Waals surface area contributed by atoms with E-state index in [-0.39, 0.29) is 24.1 Å². The number of phenols is 1. The maximum atomic E-state index is 13.9. The Morgan fingerprint density at radius 3 is 2.34 bits per heavy atom. The third-order valence-corrected chi connectivity index (χ3v) is 8.23. The van der Waals surface area contributed by atoms with E-state index in [4.69, 9.17) is 5.73 Å². The Kier molecular flexibility index (Phi) is 6.72. The summed E-state index contributed by atoms with van der Waals surface area (Å²) in [7, 11) is 2.88.